The molecule has 0 spiro atoms. The number of hydrogen-bond donors (Lipinski definition) is 0. The largest absolute Gasteiger partial charge is 0.273 e. The quantitative estimate of drug-likeness (QED) is 0.591. The standard InChI is InChI=1S/C8H6F3/c1-8(10,11)6-4-2-3-5-7(6)9/h2-4H,1H3. The maximum Gasteiger partial charge on any atom is 0.273 e. The fourth-order valence-electron chi connectivity index (χ4n) is 0.756. The lowest BCUT2D eigenvalue weighted by Crippen LogP contribution is -2.09. The fraction of sp³-hybridized carbons (Fsp3) is 0.250. The number of hydrogen-bond acceptors (Lipinski definition) is 0. The van der Waals surface area contributed by atoms with Crippen LogP contribution >= 0.6 is 0 Å². The van der Waals surface area contributed by atoms with Crippen LogP contribution in [0.2, 0.25) is 0 Å². The molecule has 0 saturated carbocycles. The Morgan fingerprint density at radius 3 is 2.45 bits per heavy atom. The van der Waals surface area contributed by atoms with Gasteiger partial charge in [-0.3, -0.25) is 0 Å². The molecule has 1 rings (SSSR count). The van der Waals surface area contributed by atoms with Gasteiger partial charge in [-0.1, -0.05) is 18.2 Å². The van der Waals surface area contributed by atoms with E-state index in [1.807, 2.05) is 0 Å². The Kier molecular flexibility index (Phi) is 1.89. The Bertz CT molecular complexity index is 250. The number of rotatable bonds is 1. The summed E-state index contributed by atoms with van der Waals surface area (Å²) in [7, 11) is 0. The van der Waals surface area contributed by atoms with Crippen molar-refractivity contribution >= 4 is 0 Å². The maximum absolute atomic E-state index is 12.6. The van der Waals surface area contributed by atoms with E-state index in [4.69, 9.17) is 0 Å². The highest BCUT2D eigenvalue weighted by atomic mass is 19.3. The number of halogens is 3. The second-order valence-electron chi connectivity index (χ2n) is 2.29. The van der Waals surface area contributed by atoms with Crippen molar-refractivity contribution in [1.29, 1.82) is 0 Å². The highest BCUT2D eigenvalue weighted by Crippen LogP contribution is 2.28. The molecule has 1 aromatic rings. The molecule has 0 fully saturated rings. The van der Waals surface area contributed by atoms with Gasteiger partial charge in [0.05, 0.1) is 5.56 Å². The van der Waals surface area contributed by atoms with E-state index in [-0.39, 0.29) is 0 Å². The van der Waals surface area contributed by atoms with E-state index in [9.17, 15) is 13.2 Å². The van der Waals surface area contributed by atoms with Crippen molar-refractivity contribution in [3.8, 4) is 0 Å². The molecule has 11 heavy (non-hydrogen) atoms. The normalized spacial score (nSPS) is 11.6. The molecule has 0 aromatic heterocycles. The summed E-state index contributed by atoms with van der Waals surface area (Å²) in [5, 5.41) is 0. The molecule has 0 nitrogen and oxygen atoms in total. The maximum atomic E-state index is 12.6. The van der Waals surface area contributed by atoms with Gasteiger partial charge < -0.3 is 0 Å². The lowest BCUT2D eigenvalue weighted by Gasteiger charge is -2.09. The van der Waals surface area contributed by atoms with Crippen LogP contribution in [0.15, 0.2) is 18.2 Å². The van der Waals surface area contributed by atoms with Crippen LogP contribution in [-0.2, 0) is 5.92 Å². The predicted octanol–water partition coefficient (Wildman–Crippen LogP) is 2.74. The van der Waals surface area contributed by atoms with Crippen LogP contribution < -0.4 is 0 Å². The van der Waals surface area contributed by atoms with Crippen LogP contribution in [0.4, 0.5) is 13.2 Å². The highest BCUT2D eigenvalue weighted by molar-refractivity contribution is 5.20. The fourth-order valence-corrected chi connectivity index (χ4v) is 0.756. The first-order chi connectivity index (χ1) is 5.02. The summed E-state index contributed by atoms with van der Waals surface area (Å²) < 4.78 is 37.5. The van der Waals surface area contributed by atoms with Crippen molar-refractivity contribution in [2.45, 2.75) is 12.8 Å². The molecule has 3 heteroatoms. The van der Waals surface area contributed by atoms with Crippen LogP contribution in [0, 0.1) is 11.9 Å². The first-order valence-corrected chi connectivity index (χ1v) is 3.06. The number of alkyl halides is 2. The third kappa shape index (κ3) is 1.73. The van der Waals surface area contributed by atoms with Crippen LogP contribution in [0.1, 0.15) is 12.5 Å². The van der Waals surface area contributed by atoms with E-state index in [0.717, 1.165) is 6.07 Å². The van der Waals surface area contributed by atoms with Gasteiger partial charge in [-0.15, -0.1) is 0 Å². The molecule has 0 unspecified atom stereocenters. The van der Waals surface area contributed by atoms with E-state index in [1.165, 1.54) is 12.1 Å². The second-order valence-corrected chi connectivity index (χ2v) is 2.29. The van der Waals surface area contributed by atoms with Crippen molar-refractivity contribution in [3.05, 3.63) is 35.6 Å². The molecule has 0 aliphatic carbocycles. The van der Waals surface area contributed by atoms with Gasteiger partial charge in [0.1, 0.15) is 5.82 Å². The van der Waals surface area contributed by atoms with E-state index in [0.29, 0.717) is 6.92 Å². The van der Waals surface area contributed by atoms with Gasteiger partial charge in [0.25, 0.3) is 5.92 Å². The van der Waals surface area contributed by atoms with E-state index in [1.54, 1.807) is 0 Å². The molecule has 0 amide bonds. The zero-order valence-corrected chi connectivity index (χ0v) is 5.87. The first-order valence-electron chi connectivity index (χ1n) is 3.06. The highest BCUT2D eigenvalue weighted by Gasteiger charge is 2.27. The average molecular weight is 159 g/mol. The van der Waals surface area contributed by atoms with Crippen molar-refractivity contribution in [2.24, 2.45) is 0 Å². The third-order valence-corrected chi connectivity index (χ3v) is 1.28. The summed E-state index contributed by atoms with van der Waals surface area (Å²) in [5.74, 6) is -4.11. The summed E-state index contributed by atoms with van der Waals surface area (Å²) >= 11 is 0. The SMILES string of the molecule is CC(F)(F)c1ccc[c]c1F. The third-order valence-electron chi connectivity index (χ3n) is 1.28. The summed E-state index contributed by atoms with van der Waals surface area (Å²) in [4.78, 5) is 0. The molecular formula is C8H6F3. The molecule has 0 heterocycles. The van der Waals surface area contributed by atoms with Crippen LogP contribution in [-0.4, -0.2) is 0 Å². The second kappa shape index (κ2) is 2.57. The van der Waals surface area contributed by atoms with Crippen molar-refractivity contribution in [3.63, 3.8) is 0 Å². The van der Waals surface area contributed by atoms with Crippen LogP contribution in [0.5, 0.6) is 0 Å². The summed E-state index contributed by atoms with van der Waals surface area (Å²) in [6.07, 6.45) is 0. The van der Waals surface area contributed by atoms with Crippen molar-refractivity contribution in [2.75, 3.05) is 0 Å². The Labute approximate surface area is 62.7 Å². The Balaban J connectivity index is 3.14. The smallest absolute Gasteiger partial charge is 0.206 e. The molecule has 1 radical (unpaired) electrons. The summed E-state index contributed by atoms with van der Waals surface area (Å²) in [6, 6.07) is 5.69. The molecule has 0 aliphatic rings. The van der Waals surface area contributed by atoms with Crippen LogP contribution in [0.3, 0.4) is 0 Å². The lowest BCUT2D eigenvalue weighted by atomic mass is 10.1. The minimum atomic E-state index is -3.12. The molecule has 0 atom stereocenters. The van der Waals surface area contributed by atoms with Crippen LogP contribution in [0.25, 0.3) is 0 Å². The average Bonchev–Trinajstić information content (AvgIpc) is 1.86. The van der Waals surface area contributed by atoms with Gasteiger partial charge in [-0.05, 0) is 0 Å². The monoisotopic (exact) mass is 159 g/mol. The van der Waals surface area contributed by atoms with Gasteiger partial charge >= 0.3 is 0 Å². The lowest BCUT2D eigenvalue weighted by molar-refractivity contribution is 0.0137. The zero-order chi connectivity index (χ0) is 8.48. The molecule has 0 bridgehead atoms. The molecule has 0 aliphatic heterocycles. The topological polar surface area (TPSA) is 0 Å². The van der Waals surface area contributed by atoms with Crippen molar-refractivity contribution in [1.82, 2.24) is 0 Å². The van der Waals surface area contributed by atoms with Crippen molar-refractivity contribution < 1.29 is 13.2 Å². The molecule has 0 N–H and O–H groups in total. The summed E-state index contributed by atoms with van der Waals surface area (Å²) in [6.45, 7) is 0.652. The van der Waals surface area contributed by atoms with E-state index in [2.05, 4.69) is 6.07 Å². The van der Waals surface area contributed by atoms with Gasteiger partial charge in [-0.2, -0.15) is 0 Å². The van der Waals surface area contributed by atoms with E-state index < -0.39 is 17.3 Å². The molecular weight excluding hydrogens is 153 g/mol. The zero-order valence-electron chi connectivity index (χ0n) is 5.87. The Morgan fingerprint density at radius 1 is 1.45 bits per heavy atom. The summed E-state index contributed by atoms with van der Waals surface area (Å²) in [5.41, 5.74) is -0.611. The molecule has 1 aromatic carbocycles. The molecule has 59 valence electrons. The van der Waals surface area contributed by atoms with Gasteiger partial charge in [0.15, 0.2) is 0 Å². The van der Waals surface area contributed by atoms with E-state index >= 15 is 0 Å². The van der Waals surface area contributed by atoms with Gasteiger partial charge in [0, 0.05) is 13.0 Å². The van der Waals surface area contributed by atoms with Gasteiger partial charge in [-0.25, -0.2) is 13.2 Å². The first kappa shape index (κ1) is 8.11. The number of benzene rings is 1. The Hall–Kier alpha value is -0.990. The Morgan fingerprint density at radius 2 is 2.09 bits per heavy atom. The van der Waals surface area contributed by atoms with Gasteiger partial charge in [0.2, 0.25) is 0 Å². The molecule has 0 saturated heterocycles. The minimum Gasteiger partial charge on any atom is -0.206 e. The minimum absolute atomic E-state index is 0.611. The predicted molar refractivity (Wildman–Crippen MR) is 34.8 cm³/mol.